The molecule has 4 rings (SSSR count). The first-order valence-electron chi connectivity index (χ1n) is 13.2. The number of likely N-dealkylation sites (N-methyl/N-ethyl adjacent to an activating group) is 1. The minimum Gasteiger partial charge on any atom is -0.493 e. The molecule has 0 radical (unpaired) electrons. The number of nitrogens with one attached hydrogen (secondary N) is 2. The highest BCUT2D eigenvalue weighted by molar-refractivity contribution is 7.92. The molecule has 0 bridgehead atoms. The lowest BCUT2D eigenvalue weighted by Crippen LogP contribution is -2.30. The summed E-state index contributed by atoms with van der Waals surface area (Å²) in [6.07, 6.45) is 2.92. The van der Waals surface area contributed by atoms with Crippen LogP contribution in [0.5, 0.6) is 11.5 Å². The molecule has 1 atom stereocenters. The standard InChI is InChI=1S/C28H36N6O6S/c1-29-12-8-9-19-16-34(41(37,38)22-10-6-5-7-11-22)28-25(19)27(30-18-31-28)32-21-13-20(15-33(2)17-24(35)36)26(40-4)23(14-21)39-3/h5-7,10-11,13-14,18-19,29H,8-9,12,15-17H2,1-4H3,(H,35,36)(H,30,31,32). The van der Waals surface area contributed by atoms with Crippen molar-refractivity contribution in [2.24, 2.45) is 0 Å². The van der Waals surface area contributed by atoms with Gasteiger partial charge in [-0.05, 0) is 51.7 Å². The number of sulfonamides is 1. The molecule has 0 saturated heterocycles. The van der Waals surface area contributed by atoms with Crippen LogP contribution in [0.25, 0.3) is 0 Å². The SMILES string of the molecule is CNCCCC1CN(S(=O)(=O)c2ccccc2)c2ncnc(Nc3cc(CN(C)CC(=O)O)c(OC)c(OC)c3)c21. The van der Waals surface area contributed by atoms with Crippen molar-refractivity contribution in [3.05, 3.63) is 59.9 Å². The number of hydrogen-bond acceptors (Lipinski definition) is 10. The lowest BCUT2D eigenvalue weighted by atomic mass is 9.97. The van der Waals surface area contributed by atoms with Crippen LogP contribution >= 0.6 is 0 Å². The third kappa shape index (κ3) is 6.69. The Hall–Kier alpha value is -3.94. The van der Waals surface area contributed by atoms with Crippen molar-refractivity contribution in [2.75, 3.05) is 57.6 Å². The second-order valence-corrected chi connectivity index (χ2v) is 11.7. The van der Waals surface area contributed by atoms with Crippen LogP contribution in [0, 0.1) is 0 Å². The molecule has 0 aliphatic carbocycles. The fourth-order valence-corrected chi connectivity index (χ4v) is 6.58. The molecular formula is C28H36N6O6S. The largest absolute Gasteiger partial charge is 0.493 e. The van der Waals surface area contributed by atoms with Gasteiger partial charge >= 0.3 is 5.97 Å². The van der Waals surface area contributed by atoms with E-state index in [1.54, 1.807) is 48.3 Å². The Balaban J connectivity index is 1.75. The summed E-state index contributed by atoms with van der Waals surface area (Å²) in [6.45, 7) is 1.18. The Morgan fingerprint density at radius 2 is 1.93 bits per heavy atom. The molecule has 1 unspecified atom stereocenters. The normalized spacial score (nSPS) is 14.7. The number of carbonyl (C=O) groups is 1. The molecule has 3 N–H and O–H groups in total. The number of ether oxygens (including phenoxy) is 2. The van der Waals surface area contributed by atoms with Crippen molar-refractivity contribution in [2.45, 2.75) is 30.2 Å². The second-order valence-electron chi connectivity index (χ2n) is 9.81. The number of fused-ring (bicyclic) bond motifs is 1. The molecule has 220 valence electrons. The summed E-state index contributed by atoms with van der Waals surface area (Å²) in [4.78, 5) is 22.0. The molecule has 2 heterocycles. The Bertz CT molecular complexity index is 1470. The van der Waals surface area contributed by atoms with Crippen LogP contribution in [0.2, 0.25) is 0 Å². The summed E-state index contributed by atoms with van der Waals surface area (Å²) >= 11 is 0. The monoisotopic (exact) mass is 584 g/mol. The maximum absolute atomic E-state index is 13.7. The van der Waals surface area contributed by atoms with Crippen molar-refractivity contribution in [1.29, 1.82) is 0 Å². The number of benzene rings is 2. The number of aliphatic carboxylic acids is 1. The predicted molar refractivity (Wildman–Crippen MR) is 156 cm³/mol. The van der Waals surface area contributed by atoms with E-state index < -0.39 is 16.0 Å². The fraction of sp³-hybridized carbons (Fsp3) is 0.393. The summed E-state index contributed by atoms with van der Waals surface area (Å²) in [6, 6.07) is 11.9. The smallest absolute Gasteiger partial charge is 0.317 e. The molecular weight excluding hydrogens is 548 g/mol. The molecule has 0 saturated carbocycles. The number of hydrogen-bond donors (Lipinski definition) is 3. The first-order chi connectivity index (χ1) is 19.7. The van der Waals surface area contributed by atoms with Crippen LogP contribution in [0.3, 0.4) is 0 Å². The lowest BCUT2D eigenvalue weighted by molar-refractivity contribution is -0.138. The zero-order valence-electron chi connectivity index (χ0n) is 23.6. The molecule has 1 aliphatic rings. The lowest BCUT2D eigenvalue weighted by Gasteiger charge is -2.20. The Morgan fingerprint density at radius 1 is 1.17 bits per heavy atom. The number of carboxylic acids is 1. The van der Waals surface area contributed by atoms with Crippen LogP contribution in [0.15, 0.2) is 53.7 Å². The van der Waals surface area contributed by atoms with Crippen LogP contribution in [0.4, 0.5) is 17.3 Å². The van der Waals surface area contributed by atoms with Crippen molar-refractivity contribution in [3.63, 3.8) is 0 Å². The van der Waals surface area contributed by atoms with Gasteiger partial charge in [-0.1, -0.05) is 18.2 Å². The Labute approximate surface area is 240 Å². The van der Waals surface area contributed by atoms with Gasteiger partial charge in [0.25, 0.3) is 10.0 Å². The van der Waals surface area contributed by atoms with Gasteiger partial charge in [0.15, 0.2) is 17.3 Å². The van der Waals surface area contributed by atoms with E-state index in [4.69, 9.17) is 9.47 Å². The van der Waals surface area contributed by atoms with Crippen LogP contribution in [0.1, 0.15) is 29.9 Å². The molecule has 12 nitrogen and oxygen atoms in total. The Morgan fingerprint density at radius 3 is 2.59 bits per heavy atom. The molecule has 0 fully saturated rings. The van der Waals surface area contributed by atoms with Gasteiger partial charge in [0.2, 0.25) is 0 Å². The van der Waals surface area contributed by atoms with Gasteiger partial charge in [0.05, 0.1) is 25.7 Å². The number of anilines is 3. The highest BCUT2D eigenvalue weighted by atomic mass is 32.2. The summed E-state index contributed by atoms with van der Waals surface area (Å²) in [5.41, 5.74) is 2.06. The van der Waals surface area contributed by atoms with Gasteiger partial charge in [0.1, 0.15) is 12.1 Å². The molecule has 1 aromatic heterocycles. The van der Waals surface area contributed by atoms with E-state index in [9.17, 15) is 18.3 Å². The summed E-state index contributed by atoms with van der Waals surface area (Å²) in [7, 11) is 2.80. The van der Waals surface area contributed by atoms with Crippen molar-refractivity contribution >= 4 is 33.3 Å². The maximum atomic E-state index is 13.7. The number of methoxy groups -OCH3 is 2. The minimum absolute atomic E-state index is 0.137. The van der Waals surface area contributed by atoms with Crippen molar-refractivity contribution in [1.82, 2.24) is 20.2 Å². The summed E-state index contributed by atoms with van der Waals surface area (Å²) in [5.74, 6) is 0.717. The van der Waals surface area contributed by atoms with Crippen molar-refractivity contribution < 1.29 is 27.8 Å². The average molecular weight is 585 g/mol. The third-order valence-electron chi connectivity index (χ3n) is 6.87. The quantitative estimate of drug-likeness (QED) is 0.240. The first kappa shape index (κ1) is 30.0. The topological polar surface area (TPSA) is 146 Å². The number of rotatable bonds is 14. The molecule has 41 heavy (non-hydrogen) atoms. The van der Waals surface area contributed by atoms with E-state index in [0.717, 1.165) is 24.9 Å². The van der Waals surface area contributed by atoms with E-state index in [2.05, 4.69) is 20.6 Å². The van der Waals surface area contributed by atoms with Gasteiger partial charge < -0.3 is 25.2 Å². The van der Waals surface area contributed by atoms with Gasteiger partial charge in [-0.15, -0.1) is 0 Å². The molecule has 1 aliphatic heterocycles. The van der Waals surface area contributed by atoms with Crippen LogP contribution < -0.4 is 24.4 Å². The zero-order valence-corrected chi connectivity index (χ0v) is 24.4. The molecule has 0 spiro atoms. The van der Waals surface area contributed by atoms with Crippen LogP contribution in [-0.4, -0.2) is 82.3 Å². The number of nitrogens with zero attached hydrogens (tertiary/aromatic N) is 4. The van der Waals surface area contributed by atoms with Gasteiger partial charge in [-0.3, -0.25) is 9.69 Å². The summed E-state index contributed by atoms with van der Waals surface area (Å²) < 4.78 is 39.9. The molecule has 3 aromatic rings. The van der Waals surface area contributed by atoms with Gasteiger partial charge in [-0.25, -0.2) is 22.7 Å². The number of aromatic nitrogens is 2. The van der Waals surface area contributed by atoms with Gasteiger partial charge in [0, 0.05) is 41.9 Å². The van der Waals surface area contributed by atoms with Crippen LogP contribution in [-0.2, 0) is 21.4 Å². The van der Waals surface area contributed by atoms with E-state index >= 15 is 0 Å². The molecule has 2 aromatic carbocycles. The fourth-order valence-electron chi connectivity index (χ4n) is 5.08. The average Bonchev–Trinajstić information content (AvgIpc) is 3.33. The van der Waals surface area contributed by atoms with Gasteiger partial charge in [-0.2, -0.15) is 0 Å². The highest BCUT2D eigenvalue weighted by Crippen LogP contribution is 2.44. The Kier molecular flexibility index (Phi) is 9.63. The zero-order chi connectivity index (χ0) is 29.6. The van der Waals surface area contributed by atoms with E-state index in [0.29, 0.717) is 40.9 Å². The second kappa shape index (κ2) is 13.1. The predicted octanol–water partition coefficient (Wildman–Crippen LogP) is 3.05. The highest BCUT2D eigenvalue weighted by Gasteiger charge is 2.39. The minimum atomic E-state index is -3.85. The van der Waals surface area contributed by atoms with E-state index in [1.807, 2.05) is 13.1 Å². The molecule has 0 amide bonds. The maximum Gasteiger partial charge on any atom is 0.317 e. The van der Waals surface area contributed by atoms with E-state index in [1.165, 1.54) is 24.9 Å². The summed E-state index contributed by atoms with van der Waals surface area (Å²) in [5, 5.41) is 15.7. The first-order valence-corrected chi connectivity index (χ1v) is 14.6. The third-order valence-corrected chi connectivity index (χ3v) is 8.64. The number of carboxylic acid groups (broad SMARTS) is 1. The molecule has 13 heteroatoms. The van der Waals surface area contributed by atoms with E-state index in [-0.39, 0.29) is 23.9 Å². The van der Waals surface area contributed by atoms with Crippen molar-refractivity contribution in [3.8, 4) is 11.5 Å².